The first-order chi connectivity index (χ1) is 49.0. The first-order valence-corrected chi connectivity index (χ1v) is 48.3. The second-order valence-electron chi connectivity index (χ2n) is 49.7. The zero-order valence-corrected chi connectivity index (χ0v) is 68.8. The van der Waals surface area contributed by atoms with Crippen molar-refractivity contribution in [3.8, 4) is 0 Å². The van der Waals surface area contributed by atoms with E-state index >= 15 is 0 Å². The van der Waals surface area contributed by atoms with Crippen molar-refractivity contribution in [2.45, 2.75) is 431 Å². The maximum absolute atomic E-state index is 3.81. The van der Waals surface area contributed by atoms with E-state index in [4.69, 9.17) is 0 Å². The van der Waals surface area contributed by atoms with E-state index in [0.717, 1.165) is 238 Å². The van der Waals surface area contributed by atoms with Gasteiger partial charge in [0.1, 0.15) is 0 Å². The number of piperidine rings is 2. The van der Waals surface area contributed by atoms with Crippen LogP contribution in [-0.2, 0) is 0 Å². The van der Waals surface area contributed by atoms with Gasteiger partial charge in [-0.2, -0.15) is 0 Å². The molecule has 3 saturated heterocycles. The van der Waals surface area contributed by atoms with E-state index < -0.39 is 0 Å². The lowest BCUT2D eigenvalue weighted by Crippen LogP contribution is -2.94. The molecular weight excluding hydrogens is 1230 g/mol. The van der Waals surface area contributed by atoms with E-state index in [1.807, 2.05) is 0 Å². The van der Waals surface area contributed by atoms with Crippen LogP contribution in [0.5, 0.6) is 0 Å². The van der Waals surface area contributed by atoms with Crippen LogP contribution in [0.1, 0.15) is 359 Å². The molecule has 18 saturated carbocycles. The second kappa shape index (κ2) is 25.5. The fraction of sp³-hybridized carbons (Fsp3) is 1.00. The van der Waals surface area contributed by atoms with Gasteiger partial charge in [-0.15, -0.1) is 0 Å². The third-order valence-corrected chi connectivity index (χ3v) is 42.9. The van der Waals surface area contributed by atoms with E-state index in [1.165, 1.54) is 38.5 Å². The first kappa shape index (κ1) is 69.9. The van der Waals surface area contributed by atoms with E-state index in [0.29, 0.717) is 21.7 Å². The Bertz CT molecular complexity index is 2800. The van der Waals surface area contributed by atoms with Crippen molar-refractivity contribution in [3.63, 3.8) is 0 Å². The first-order valence-electron chi connectivity index (χ1n) is 48.3. The standard InChI is InChI=1S/C98H160BN3/c1-94(2,3)68-39-62-23-25-64-41-70(96(7,8)9)50-79-77(45-66(43-68)89(62)91(64)79)60-31-37-81-83(47-60)100(74-33-27-58(28-34-74)56-19-15-13-16-20-56)85-54-76(102-87-52-72-49-73-53-88(102)98(72,73)87)55-86-93(85)99(81)82-38-32-61(48-84(82)101(86)75-35-29-59(30-36-75)57-21-17-14-18-22-57)78-46-67-44-69(95(4,5)6)40-63-24-26-65-42-71(97(10,11)12)51-80(78)92(65)90(63)67/h56-93H,13-55H2,1-12H3. The molecule has 21 aliphatic rings. The van der Waals surface area contributed by atoms with Crippen molar-refractivity contribution in [2.75, 3.05) is 0 Å². The van der Waals surface area contributed by atoms with Gasteiger partial charge in [0.2, 0.25) is 0 Å². The Morgan fingerprint density at radius 2 is 0.588 bits per heavy atom. The van der Waals surface area contributed by atoms with Gasteiger partial charge in [-0.25, -0.2) is 0 Å². The molecule has 0 aromatic rings. The average molecular weight is 1390 g/mol. The van der Waals surface area contributed by atoms with Crippen LogP contribution in [0.3, 0.4) is 0 Å². The summed E-state index contributed by atoms with van der Waals surface area (Å²) in [6.45, 7) is 33.3. The molecule has 4 heteroatoms. The Hall–Kier alpha value is -0.0551. The third kappa shape index (κ3) is 10.9. The number of hydrogen-bond donors (Lipinski definition) is 0. The van der Waals surface area contributed by atoms with Crippen molar-refractivity contribution < 1.29 is 0 Å². The molecule has 0 radical (unpaired) electrons. The summed E-state index contributed by atoms with van der Waals surface area (Å²) in [6.07, 6.45) is 68.3. The number of nitrogens with zero attached hydrogens (tertiary/aromatic N) is 3. The highest BCUT2D eigenvalue weighted by Gasteiger charge is 2.85. The van der Waals surface area contributed by atoms with Crippen LogP contribution in [0, 0.1) is 181 Å². The van der Waals surface area contributed by atoms with Gasteiger partial charge in [-0.05, 0) is 379 Å². The molecule has 0 aromatic heterocycles. The Morgan fingerprint density at radius 1 is 0.245 bits per heavy atom. The lowest BCUT2D eigenvalue weighted by molar-refractivity contribution is -0.408. The summed E-state index contributed by atoms with van der Waals surface area (Å²) in [4.78, 5) is 11.1. The van der Waals surface area contributed by atoms with E-state index in [1.54, 1.807) is 238 Å². The molecule has 0 amide bonds. The van der Waals surface area contributed by atoms with Crippen molar-refractivity contribution in [2.24, 2.45) is 181 Å². The highest BCUT2D eigenvalue weighted by molar-refractivity contribution is 6.65. The maximum atomic E-state index is 3.81. The number of likely N-dealkylation sites (tertiary alicyclic amines) is 1. The van der Waals surface area contributed by atoms with E-state index in [-0.39, 0.29) is 0 Å². The average Bonchev–Trinajstić information content (AvgIpc) is 0.618. The maximum Gasteiger partial charge on any atom is 0.156 e. The van der Waals surface area contributed by atoms with Gasteiger partial charge in [0.15, 0.2) is 6.71 Å². The Kier molecular flexibility index (Phi) is 17.4. The van der Waals surface area contributed by atoms with Gasteiger partial charge >= 0.3 is 0 Å². The zero-order valence-electron chi connectivity index (χ0n) is 68.8. The predicted octanol–water partition coefficient (Wildman–Crippen LogP) is 25.1. The number of hydrogen-bond acceptors (Lipinski definition) is 3. The van der Waals surface area contributed by atoms with Crippen LogP contribution in [0.25, 0.3) is 0 Å². The van der Waals surface area contributed by atoms with Crippen LogP contribution >= 0.6 is 0 Å². The highest BCUT2D eigenvalue weighted by atomic mass is 15.4. The summed E-state index contributed by atoms with van der Waals surface area (Å²) in [6, 6.07) is 7.95. The molecule has 102 heavy (non-hydrogen) atoms. The van der Waals surface area contributed by atoms with Crippen molar-refractivity contribution in [3.05, 3.63) is 0 Å². The number of fused-ring (bicyclic) bond motifs is 4. The second-order valence-corrected chi connectivity index (χ2v) is 49.7. The van der Waals surface area contributed by atoms with Crippen LogP contribution in [0.15, 0.2) is 0 Å². The largest absolute Gasteiger partial charge is 0.295 e. The molecule has 1 spiro atoms. The van der Waals surface area contributed by atoms with Crippen LogP contribution in [0.2, 0.25) is 17.5 Å². The van der Waals surface area contributed by atoms with Crippen LogP contribution < -0.4 is 0 Å². The molecule has 18 aliphatic carbocycles. The fourth-order valence-corrected chi connectivity index (χ4v) is 38.6. The summed E-state index contributed by atoms with van der Waals surface area (Å²) >= 11 is 0. The lowest BCUT2D eigenvalue weighted by Gasteiger charge is -2.90. The van der Waals surface area contributed by atoms with Crippen LogP contribution in [0.4, 0.5) is 0 Å². The fourth-order valence-electron chi connectivity index (χ4n) is 38.6. The zero-order chi connectivity index (χ0) is 69.2. The normalized spacial score (nSPS) is 55.4. The molecular formula is C98H160BN3. The van der Waals surface area contributed by atoms with Gasteiger partial charge < -0.3 is 0 Å². The van der Waals surface area contributed by atoms with Crippen LogP contribution in [-0.4, -0.2) is 75.8 Å². The molecule has 21 fully saturated rings. The molecule has 570 valence electrons. The van der Waals surface area contributed by atoms with Gasteiger partial charge in [-0.3, -0.25) is 14.7 Å². The van der Waals surface area contributed by atoms with Crippen molar-refractivity contribution in [1.29, 1.82) is 0 Å². The summed E-state index contributed by atoms with van der Waals surface area (Å²) in [5, 5.41) is 0. The summed E-state index contributed by atoms with van der Waals surface area (Å²) in [5.74, 6) is 29.4. The third-order valence-electron chi connectivity index (χ3n) is 42.9. The highest BCUT2D eigenvalue weighted by Crippen LogP contribution is 2.84. The molecule has 21 rings (SSSR count). The summed E-state index contributed by atoms with van der Waals surface area (Å²) < 4.78 is 0. The van der Waals surface area contributed by atoms with Crippen molar-refractivity contribution in [1.82, 2.24) is 14.7 Å². The molecule has 3 heterocycles. The monoisotopic (exact) mass is 1390 g/mol. The molecule has 3 aliphatic heterocycles. The Labute approximate surface area is 629 Å². The minimum absolute atomic E-state index is 0.441. The topological polar surface area (TPSA) is 9.72 Å². The smallest absolute Gasteiger partial charge is 0.156 e. The molecule has 0 bridgehead atoms. The molecule has 0 N–H and O–H groups in total. The Balaban J connectivity index is 0.676. The van der Waals surface area contributed by atoms with E-state index in [2.05, 4.69) is 97.8 Å². The van der Waals surface area contributed by atoms with Gasteiger partial charge in [0.25, 0.3) is 0 Å². The van der Waals surface area contributed by atoms with Gasteiger partial charge in [-0.1, -0.05) is 173 Å². The van der Waals surface area contributed by atoms with Gasteiger partial charge in [0.05, 0.1) is 0 Å². The van der Waals surface area contributed by atoms with Crippen molar-refractivity contribution >= 4 is 6.71 Å². The molecule has 0 aromatic carbocycles. The predicted molar refractivity (Wildman–Crippen MR) is 426 cm³/mol. The summed E-state index contributed by atoms with van der Waals surface area (Å²) in [7, 11) is 0. The quantitative estimate of drug-likeness (QED) is 0.235. The van der Waals surface area contributed by atoms with Gasteiger partial charge in [0, 0.05) is 59.8 Å². The minimum Gasteiger partial charge on any atom is -0.295 e. The number of rotatable bonds is 7. The molecule has 30 atom stereocenters. The van der Waals surface area contributed by atoms with E-state index in [9.17, 15) is 0 Å². The molecule has 3 nitrogen and oxygen atoms in total. The SMILES string of the molecule is CC(C)(C)C1CC2CCC3CC(C(C)(C)C)CC4C(C5CCC6B7C8CCC(C9CC%10CC(C(C)(C)C)CC%11CCC%12CC(C(C)(C)C)CC9C%12C%11%10)CC8N(C8CCC(C9CCCCC9)CC8)C8CC(N9C%10CC%11CC%12CC9C%11%12%10)CC(C78)N(C7CCC(C8CCCCC8)CC7)C6C5)CC(C1)C2C34. The molecule has 30 unspecified atom stereocenters. The summed E-state index contributed by atoms with van der Waals surface area (Å²) in [5.41, 5.74) is 2.60. The lowest BCUT2D eigenvalue weighted by atomic mass is 9.18. The minimum atomic E-state index is 0.441. The Morgan fingerprint density at radius 3 is 0.971 bits per heavy atom.